The fourth-order valence-electron chi connectivity index (χ4n) is 2.14. The molecule has 0 fully saturated rings. The van der Waals surface area contributed by atoms with E-state index in [0.717, 1.165) is 5.56 Å². The molecule has 2 aromatic rings. The van der Waals surface area contributed by atoms with E-state index in [-0.39, 0.29) is 11.6 Å². The molecule has 0 aliphatic rings. The summed E-state index contributed by atoms with van der Waals surface area (Å²) >= 11 is 6.14. The summed E-state index contributed by atoms with van der Waals surface area (Å²) < 4.78 is 10.6. The second-order valence-corrected chi connectivity index (χ2v) is 5.30. The number of benzene rings is 1. The molecular weight excluding hydrogens is 318 g/mol. The van der Waals surface area contributed by atoms with Gasteiger partial charge in [0.05, 0.1) is 30.8 Å². The summed E-state index contributed by atoms with van der Waals surface area (Å²) in [5.74, 6) is 1.28. The van der Waals surface area contributed by atoms with Gasteiger partial charge in [0.25, 0.3) is 0 Å². The number of anilines is 1. The fraction of sp³-hybridized carbons (Fsp3) is 0.250. The Morgan fingerprint density at radius 1 is 1.30 bits per heavy atom. The van der Waals surface area contributed by atoms with Crippen molar-refractivity contribution in [3.63, 3.8) is 0 Å². The van der Waals surface area contributed by atoms with Crippen LogP contribution in [0.25, 0.3) is 0 Å². The van der Waals surface area contributed by atoms with Gasteiger partial charge >= 0.3 is 0 Å². The number of carbonyl (C=O) groups is 1. The number of methoxy groups -OCH3 is 2. The van der Waals surface area contributed by atoms with Crippen LogP contribution in [0, 0.1) is 0 Å². The third-order valence-electron chi connectivity index (χ3n) is 3.39. The van der Waals surface area contributed by atoms with Crippen molar-refractivity contribution < 1.29 is 14.3 Å². The molecule has 0 bridgehead atoms. The van der Waals surface area contributed by atoms with E-state index in [2.05, 4.69) is 10.3 Å². The maximum Gasteiger partial charge on any atom is 0.250 e. The monoisotopic (exact) mass is 335 g/mol. The molecule has 1 amide bonds. The molecule has 1 aromatic heterocycles. The number of pyridine rings is 1. The number of rotatable bonds is 6. The van der Waals surface area contributed by atoms with Crippen molar-refractivity contribution in [3.8, 4) is 11.5 Å². The Morgan fingerprint density at radius 3 is 2.61 bits per heavy atom. The molecule has 1 atom stereocenters. The van der Waals surface area contributed by atoms with Crippen LogP contribution in [0.15, 0.2) is 30.5 Å². The first-order valence-electron chi connectivity index (χ1n) is 6.90. The molecule has 3 N–H and O–H groups in total. The summed E-state index contributed by atoms with van der Waals surface area (Å²) in [7, 11) is 3.19. The van der Waals surface area contributed by atoms with Gasteiger partial charge in [0.2, 0.25) is 5.91 Å². The molecule has 0 saturated heterocycles. The van der Waals surface area contributed by atoms with Crippen LogP contribution in [0.5, 0.6) is 11.5 Å². The summed E-state index contributed by atoms with van der Waals surface area (Å²) in [6.07, 6.45) is 1.38. The lowest BCUT2D eigenvalue weighted by Crippen LogP contribution is -2.13. The lowest BCUT2D eigenvalue weighted by atomic mass is 10.1. The number of ether oxygens (including phenoxy) is 2. The molecule has 7 heteroatoms. The Bertz CT molecular complexity index is 722. The fourth-order valence-corrected chi connectivity index (χ4v) is 2.36. The molecule has 1 aromatic carbocycles. The maximum absolute atomic E-state index is 11.1. The van der Waals surface area contributed by atoms with E-state index < -0.39 is 5.91 Å². The van der Waals surface area contributed by atoms with Crippen LogP contribution in [0.3, 0.4) is 0 Å². The normalized spacial score (nSPS) is 11.7. The van der Waals surface area contributed by atoms with Crippen molar-refractivity contribution in [1.82, 2.24) is 4.98 Å². The summed E-state index contributed by atoms with van der Waals surface area (Å²) in [5.41, 5.74) is 6.38. The molecule has 0 saturated carbocycles. The largest absolute Gasteiger partial charge is 0.497 e. The number of carbonyl (C=O) groups excluding carboxylic acids is 1. The van der Waals surface area contributed by atoms with Gasteiger partial charge in [-0.25, -0.2) is 4.98 Å². The average molecular weight is 336 g/mol. The van der Waals surface area contributed by atoms with Crippen molar-refractivity contribution in [3.05, 3.63) is 46.6 Å². The van der Waals surface area contributed by atoms with E-state index in [0.29, 0.717) is 22.3 Å². The van der Waals surface area contributed by atoms with Gasteiger partial charge in [-0.05, 0) is 25.1 Å². The predicted octanol–water partition coefficient (Wildman–Crippen LogP) is 3.02. The smallest absolute Gasteiger partial charge is 0.250 e. The first-order valence-corrected chi connectivity index (χ1v) is 7.28. The van der Waals surface area contributed by atoms with Crippen LogP contribution in [0.4, 0.5) is 5.82 Å². The van der Waals surface area contributed by atoms with Gasteiger partial charge in [-0.1, -0.05) is 11.6 Å². The number of amides is 1. The van der Waals surface area contributed by atoms with Gasteiger partial charge in [0, 0.05) is 17.8 Å². The van der Waals surface area contributed by atoms with Crippen molar-refractivity contribution >= 4 is 23.3 Å². The first-order chi connectivity index (χ1) is 11.0. The minimum atomic E-state index is -0.573. The Hall–Kier alpha value is -2.47. The average Bonchev–Trinajstić information content (AvgIpc) is 2.55. The molecule has 0 aliphatic heterocycles. The molecule has 2 rings (SSSR count). The van der Waals surface area contributed by atoms with Crippen LogP contribution < -0.4 is 20.5 Å². The Labute approximate surface area is 139 Å². The maximum atomic E-state index is 11.1. The van der Waals surface area contributed by atoms with Crippen LogP contribution in [0.1, 0.15) is 28.9 Å². The number of halogens is 1. The number of hydrogen-bond acceptors (Lipinski definition) is 5. The van der Waals surface area contributed by atoms with E-state index >= 15 is 0 Å². The molecular formula is C16H18ClN3O3. The molecule has 0 spiro atoms. The predicted molar refractivity (Wildman–Crippen MR) is 89.3 cm³/mol. The molecule has 0 radical (unpaired) electrons. The summed E-state index contributed by atoms with van der Waals surface area (Å²) in [4.78, 5) is 15.3. The summed E-state index contributed by atoms with van der Waals surface area (Å²) in [6.45, 7) is 1.95. The number of nitrogens with one attached hydrogen (secondary N) is 1. The SMILES string of the molecule is COc1ccc([C@H](C)Nc2ncc(C(N)=O)cc2Cl)c(OC)c1. The van der Waals surface area contributed by atoms with E-state index in [4.69, 9.17) is 26.8 Å². The Kier molecular flexibility index (Phi) is 5.28. The zero-order valence-electron chi connectivity index (χ0n) is 13.1. The highest BCUT2D eigenvalue weighted by Crippen LogP contribution is 2.32. The highest BCUT2D eigenvalue weighted by atomic mass is 35.5. The number of hydrogen-bond donors (Lipinski definition) is 2. The van der Waals surface area contributed by atoms with Crippen LogP contribution in [-0.4, -0.2) is 25.1 Å². The third kappa shape index (κ3) is 3.84. The van der Waals surface area contributed by atoms with Gasteiger partial charge < -0.3 is 20.5 Å². The van der Waals surface area contributed by atoms with Gasteiger partial charge in [0.15, 0.2) is 0 Å². The number of nitrogens with two attached hydrogens (primary N) is 1. The Balaban J connectivity index is 2.25. The topological polar surface area (TPSA) is 86.5 Å². The first kappa shape index (κ1) is 16.9. The highest BCUT2D eigenvalue weighted by Gasteiger charge is 2.15. The minimum absolute atomic E-state index is 0.125. The second-order valence-electron chi connectivity index (χ2n) is 4.89. The lowest BCUT2D eigenvalue weighted by molar-refractivity contribution is 0.1000. The zero-order chi connectivity index (χ0) is 17.0. The lowest BCUT2D eigenvalue weighted by Gasteiger charge is -2.19. The van der Waals surface area contributed by atoms with Crippen molar-refractivity contribution in [1.29, 1.82) is 0 Å². The van der Waals surface area contributed by atoms with Crippen LogP contribution in [-0.2, 0) is 0 Å². The quantitative estimate of drug-likeness (QED) is 0.847. The molecule has 23 heavy (non-hydrogen) atoms. The van der Waals surface area contributed by atoms with E-state index in [1.54, 1.807) is 20.3 Å². The third-order valence-corrected chi connectivity index (χ3v) is 3.67. The Morgan fingerprint density at radius 2 is 2.04 bits per heavy atom. The molecule has 0 aliphatic carbocycles. The van der Waals surface area contributed by atoms with E-state index in [9.17, 15) is 4.79 Å². The summed E-state index contributed by atoms with van der Waals surface area (Å²) in [5, 5.41) is 3.51. The number of nitrogens with zero attached hydrogens (tertiary/aromatic N) is 1. The van der Waals surface area contributed by atoms with Gasteiger partial charge in [-0.3, -0.25) is 4.79 Å². The number of primary amides is 1. The van der Waals surface area contributed by atoms with Crippen molar-refractivity contribution in [2.75, 3.05) is 19.5 Å². The van der Waals surface area contributed by atoms with Gasteiger partial charge in [-0.15, -0.1) is 0 Å². The van der Waals surface area contributed by atoms with Gasteiger partial charge in [-0.2, -0.15) is 0 Å². The summed E-state index contributed by atoms with van der Waals surface area (Å²) in [6, 6.07) is 6.92. The molecule has 122 valence electrons. The van der Waals surface area contributed by atoms with Crippen LogP contribution >= 0.6 is 11.6 Å². The van der Waals surface area contributed by atoms with E-state index in [1.165, 1.54) is 12.3 Å². The van der Waals surface area contributed by atoms with Crippen LogP contribution in [0.2, 0.25) is 5.02 Å². The van der Waals surface area contributed by atoms with Crippen molar-refractivity contribution in [2.24, 2.45) is 5.73 Å². The number of aromatic nitrogens is 1. The van der Waals surface area contributed by atoms with Gasteiger partial charge in [0.1, 0.15) is 17.3 Å². The highest BCUT2D eigenvalue weighted by molar-refractivity contribution is 6.33. The van der Waals surface area contributed by atoms with E-state index in [1.807, 2.05) is 19.1 Å². The van der Waals surface area contributed by atoms with Crippen molar-refractivity contribution in [2.45, 2.75) is 13.0 Å². The standard InChI is InChI=1S/C16H18ClN3O3/c1-9(12-5-4-11(22-2)7-14(12)23-3)20-16-13(17)6-10(8-19-16)15(18)21/h4-9H,1-3H3,(H2,18,21)(H,19,20)/t9-/m0/s1. The molecule has 6 nitrogen and oxygen atoms in total. The minimum Gasteiger partial charge on any atom is -0.497 e. The second kappa shape index (κ2) is 7.19. The molecule has 1 heterocycles. The molecule has 0 unspecified atom stereocenters. The zero-order valence-corrected chi connectivity index (χ0v) is 13.8.